The molecule has 1 saturated heterocycles. The fraction of sp³-hybridized carbons (Fsp3) is 0.407. The number of anilines is 1. The molecule has 2 aromatic heterocycles. The maximum absolute atomic E-state index is 12.8. The number of carbonyl (C=O) groups excluding carboxylic acids is 2. The molecule has 0 radical (unpaired) electrons. The molecule has 11 heteroatoms. The Bertz CT molecular complexity index is 1480. The topological polar surface area (TPSA) is 126 Å². The van der Waals surface area contributed by atoms with E-state index in [1.165, 1.54) is 0 Å². The second-order valence-corrected chi connectivity index (χ2v) is 10.7. The van der Waals surface area contributed by atoms with Crippen LogP contribution in [0.15, 0.2) is 36.7 Å². The summed E-state index contributed by atoms with van der Waals surface area (Å²) in [5.74, 6) is 1.79. The van der Waals surface area contributed by atoms with Crippen molar-refractivity contribution in [1.82, 2.24) is 25.3 Å². The molecule has 0 bridgehead atoms. The minimum atomic E-state index is -0.302. The third-order valence-electron chi connectivity index (χ3n) is 7.94. The van der Waals surface area contributed by atoms with E-state index < -0.39 is 0 Å². The number of ether oxygens (including phenoxy) is 1. The zero-order chi connectivity index (χ0) is 26.6. The molecule has 38 heavy (non-hydrogen) atoms. The van der Waals surface area contributed by atoms with E-state index in [0.717, 1.165) is 30.4 Å². The summed E-state index contributed by atoms with van der Waals surface area (Å²) in [6, 6.07) is 8.95. The van der Waals surface area contributed by atoms with Gasteiger partial charge in [0.2, 0.25) is 5.91 Å². The molecule has 10 nitrogen and oxygen atoms in total. The molecular weight excluding hydrogens is 506 g/mol. The Morgan fingerprint density at radius 2 is 2.11 bits per heavy atom. The van der Waals surface area contributed by atoms with Crippen LogP contribution in [0.1, 0.15) is 65.3 Å². The summed E-state index contributed by atoms with van der Waals surface area (Å²) >= 11 is 6.12. The highest BCUT2D eigenvalue weighted by atomic mass is 35.5. The smallest absolute Gasteiger partial charge is 0.273 e. The van der Waals surface area contributed by atoms with Crippen LogP contribution in [0.5, 0.6) is 5.75 Å². The number of halogens is 1. The van der Waals surface area contributed by atoms with Gasteiger partial charge in [0.1, 0.15) is 11.6 Å². The Kier molecular flexibility index (Phi) is 6.03. The highest BCUT2D eigenvalue weighted by Crippen LogP contribution is 2.47. The summed E-state index contributed by atoms with van der Waals surface area (Å²) in [5, 5.41) is 21.2. The number of fused-ring (bicyclic) bond motifs is 1. The zero-order valence-corrected chi connectivity index (χ0v) is 21.7. The van der Waals surface area contributed by atoms with Gasteiger partial charge in [-0.3, -0.25) is 14.5 Å². The lowest BCUT2D eigenvalue weighted by Crippen LogP contribution is -2.43. The van der Waals surface area contributed by atoms with Crippen molar-refractivity contribution in [2.24, 2.45) is 11.8 Å². The van der Waals surface area contributed by atoms with Gasteiger partial charge in [0.05, 0.1) is 31.0 Å². The van der Waals surface area contributed by atoms with Crippen LogP contribution >= 0.6 is 11.6 Å². The summed E-state index contributed by atoms with van der Waals surface area (Å²) in [7, 11) is 1.58. The van der Waals surface area contributed by atoms with E-state index in [1.54, 1.807) is 47.3 Å². The normalized spacial score (nSPS) is 24.3. The molecule has 3 fully saturated rings. The van der Waals surface area contributed by atoms with Gasteiger partial charge in [-0.25, -0.2) is 9.67 Å². The van der Waals surface area contributed by atoms with Crippen LogP contribution in [-0.2, 0) is 4.79 Å². The van der Waals surface area contributed by atoms with Gasteiger partial charge >= 0.3 is 0 Å². The molecular formula is C27H26ClN7O3. The number of benzene rings is 1. The predicted octanol–water partition coefficient (Wildman–Crippen LogP) is 3.47. The molecule has 1 unspecified atom stereocenters. The van der Waals surface area contributed by atoms with Gasteiger partial charge in [0.15, 0.2) is 5.69 Å². The van der Waals surface area contributed by atoms with E-state index in [9.17, 15) is 14.9 Å². The van der Waals surface area contributed by atoms with Crippen LogP contribution in [0.25, 0.3) is 0 Å². The molecule has 3 aliphatic rings. The third kappa shape index (κ3) is 4.27. The lowest BCUT2D eigenvalue weighted by Gasteiger charge is -2.36. The Morgan fingerprint density at radius 1 is 1.29 bits per heavy atom. The van der Waals surface area contributed by atoms with Gasteiger partial charge in [-0.2, -0.15) is 5.26 Å². The first kappa shape index (κ1) is 24.4. The first-order valence-corrected chi connectivity index (χ1v) is 13.0. The number of aromatic nitrogens is 4. The standard InChI is InChI=1S/C27H26ClN7O3/c1-14(22-11-30-25(9-24(22)38-2)34-12-17-7-21(17)27(34)37)35-13-23(32-33-35)26(36)31-19-5-16(6-19)20-8-18(28)4-3-15(20)10-29/h3-4,8-9,11,13-14,16-17,19,21H,5-7,12H2,1-2H3,(H,31,36)/t14?,16-,17-,19+,21-/m1/s1. The highest BCUT2D eigenvalue weighted by Gasteiger charge is 2.53. The number of hydrogen-bond donors (Lipinski definition) is 1. The van der Waals surface area contributed by atoms with Crippen LogP contribution < -0.4 is 15.0 Å². The third-order valence-corrected chi connectivity index (χ3v) is 8.17. The molecule has 0 spiro atoms. The Labute approximate surface area is 224 Å². The quantitative estimate of drug-likeness (QED) is 0.494. The van der Waals surface area contributed by atoms with Crippen molar-refractivity contribution in [3.05, 3.63) is 64.1 Å². The van der Waals surface area contributed by atoms with Gasteiger partial charge in [-0.05, 0) is 61.8 Å². The van der Waals surface area contributed by atoms with Gasteiger partial charge in [-0.1, -0.05) is 16.8 Å². The lowest BCUT2D eigenvalue weighted by molar-refractivity contribution is -0.118. The van der Waals surface area contributed by atoms with Gasteiger partial charge in [-0.15, -0.1) is 5.10 Å². The highest BCUT2D eigenvalue weighted by molar-refractivity contribution is 6.30. The van der Waals surface area contributed by atoms with Crippen LogP contribution in [-0.4, -0.2) is 51.5 Å². The first-order valence-electron chi connectivity index (χ1n) is 12.6. The number of amides is 2. The maximum Gasteiger partial charge on any atom is 0.273 e. The molecule has 2 aliphatic carbocycles. The van der Waals surface area contributed by atoms with Crippen LogP contribution in [0.3, 0.4) is 0 Å². The number of rotatable bonds is 7. The summed E-state index contributed by atoms with van der Waals surface area (Å²) in [4.78, 5) is 31.6. The predicted molar refractivity (Wildman–Crippen MR) is 138 cm³/mol. The van der Waals surface area contributed by atoms with Gasteiger partial charge in [0.25, 0.3) is 5.91 Å². The van der Waals surface area contributed by atoms with E-state index >= 15 is 0 Å². The van der Waals surface area contributed by atoms with E-state index in [4.69, 9.17) is 16.3 Å². The minimum Gasteiger partial charge on any atom is -0.496 e. The van der Waals surface area contributed by atoms with Crippen molar-refractivity contribution in [1.29, 1.82) is 5.26 Å². The number of nitrogens with one attached hydrogen (secondary N) is 1. The number of hydrogen-bond acceptors (Lipinski definition) is 7. The van der Waals surface area contributed by atoms with Crippen LogP contribution in [0, 0.1) is 23.2 Å². The molecule has 6 rings (SSSR count). The van der Waals surface area contributed by atoms with Gasteiger partial charge < -0.3 is 10.1 Å². The van der Waals surface area contributed by atoms with E-state index in [0.29, 0.717) is 34.6 Å². The summed E-state index contributed by atoms with van der Waals surface area (Å²) in [5.41, 5.74) is 2.51. The Morgan fingerprint density at radius 3 is 2.82 bits per heavy atom. The molecule has 3 heterocycles. The number of nitriles is 1. The van der Waals surface area contributed by atoms with Crippen molar-refractivity contribution < 1.29 is 14.3 Å². The number of methoxy groups -OCH3 is 1. The van der Waals surface area contributed by atoms with Crippen molar-refractivity contribution in [3.63, 3.8) is 0 Å². The maximum atomic E-state index is 12.8. The number of carbonyl (C=O) groups is 2. The van der Waals surface area contributed by atoms with E-state index in [1.807, 2.05) is 13.0 Å². The molecule has 1 aliphatic heterocycles. The average Bonchev–Trinajstić information content (AvgIpc) is 3.36. The summed E-state index contributed by atoms with van der Waals surface area (Å²) in [6.45, 7) is 2.62. The van der Waals surface area contributed by atoms with Crippen LogP contribution in [0.4, 0.5) is 5.82 Å². The van der Waals surface area contributed by atoms with Gasteiger partial charge in [0, 0.05) is 41.4 Å². The number of nitrogens with zero attached hydrogens (tertiary/aromatic N) is 6. The minimum absolute atomic E-state index is 0.0169. The van der Waals surface area contributed by atoms with Crippen molar-refractivity contribution in [2.45, 2.75) is 44.2 Å². The average molecular weight is 532 g/mol. The lowest BCUT2D eigenvalue weighted by atomic mass is 9.74. The largest absolute Gasteiger partial charge is 0.496 e. The molecule has 2 amide bonds. The zero-order valence-electron chi connectivity index (χ0n) is 21.0. The van der Waals surface area contributed by atoms with E-state index in [2.05, 4.69) is 26.7 Å². The molecule has 2 saturated carbocycles. The summed E-state index contributed by atoms with van der Waals surface area (Å²) < 4.78 is 7.21. The fourth-order valence-electron chi connectivity index (χ4n) is 5.49. The fourth-order valence-corrected chi connectivity index (χ4v) is 5.67. The SMILES string of the molecule is COc1cc(N2C[C@H]3C[C@H]3C2=O)ncc1C(C)n1cc(C(=O)N[C@H]2C[C@@H](c3cc(Cl)ccc3C#N)C2)nn1. The van der Waals surface area contributed by atoms with Crippen molar-refractivity contribution in [3.8, 4) is 11.8 Å². The molecule has 194 valence electrons. The molecule has 1 N–H and O–H groups in total. The monoisotopic (exact) mass is 531 g/mol. The Hall–Kier alpha value is -3.97. The molecule has 3 atom stereocenters. The summed E-state index contributed by atoms with van der Waals surface area (Å²) in [6.07, 6.45) is 5.72. The number of pyridine rings is 1. The Balaban J connectivity index is 1.10. The van der Waals surface area contributed by atoms with E-state index in [-0.39, 0.29) is 41.4 Å². The number of piperidine rings is 1. The molecule has 1 aromatic carbocycles. The van der Waals surface area contributed by atoms with Crippen molar-refractivity contribution >= 4 is 29.2 Å². The second kappa shape index (κ2) is 9.40. The first-order chi connectivity index (χ1) is 18.4. The van der Waals surface area contributed by atoms with Crippen molar-refractivity contribution in [2.75, 3.05) is 18.6 Å². The second-order valence-electron chi connectivity index (χ2n) is 10.3. The van der Waals surface area contributed by atoms with Crippen LogP contribution in [0.2, 0.25) is 5.02 Å². The molecule has 3 aromatic rings.